The van der Waals surface area contributed by atoms with Crippen LogP contribution in [0, 0.1) is 12.8 Å². The first-order valence-corrected chi connectivity index (χ1v) is 9.05. The molecule has 2 N–H and O–H groups in total. The maximum atomic E-state index is 12.3. The van der Waals surface area contributed by atoms with Gasteiger partial charge in [-0.15, -0.1) is 0 Å². The van der Waals surface area contributed by atoms with Gasteiger partial charge < -0.3 is 14.1 Å². The zero-order valence-electron chi connectivity index (χ0n) is 15.8. The largest absolute Gasteiger partial charge is 0.481 e. The third-order valence-corrected chi connectivity index (χ3v) is 4.49. The molecule has 2 atom stereocenters. The Bertz CT molecular complexity index is 849. The number of aryl methyl sites for hydroxylation is 1. The van der Waals surface area contributed by atoms with Crippen LogP contribution >= 0.6 is 0 Å². The molecule has 2 heterocycles. The zero-order chi connectivity index (χ0) is 20.1. The second-order valence-electron chi connectivity index (χ2n) is 6.81. The molecular weight excluding hydrogens is 362 g/mol. The molecule has 28 heavy (non-hydrogen) atoms. The van der Waals surface area contributed by atoms with E-state index in [1.165, 1.54) is 6.26 Å². The highest BCUT2D eigenvalue weighted by atomic mass is 16.5. The van der Waals surface area contributed by atoms with Crippen LogP contribution in [0.1, 0.15) is 24.7 Å². The van der Waals surface area contributed by atoms with Crippen molar-refractivity contribution in [3.63, 3.8) is 0 Å². The Kier molecular flexibility index (Phi) is 5.98. The molecule has 1 saturated heterocycles. The van der Waals surface area contributed by atoms with E-state index < -0.39 is 23.8 Å². The molecule has 0 radical (unpaired) electrons. The van der Waals surface area contributed by atoms with Gasteiger partial charge in [-0.1, -0.05) is 12.1 Å². The van der Waals surface area contributed by atoms with Crippen molar-refractivity contribution in [3.05, 3.63) is 54.0 Å². The molecule has 0 saturated carbocycles. The second-order valence-corrected chi connectivity index (χ2v) is 6.81. The molecule has 1 fully saturated rings. The number of ether oxygens (including phenoxy) is 1. The van der Waals surface area contributed by atoms with Crippen LogP contribution < -0.4 is 15.6 Å². The van der Waals surface area contributed by atoms with Crippen molar-refractivity contribution in [2.24, 2.45) is 5.92 Å². The van der Waals surface area contributed by atoms with Gasteiger partial charge in [-0.05, 0) is 43.7 Å². The Morgan fingerprint density at radius 3 is 2.82 bits per heavy atom. The second kappa shape index (κ2) is 8.60. The lowest BCUT2D eigenvalue weighted by Gasteiger charge is -2.17. The third kappa shape index (κ3) is 4.91. The molecule has 8 heteroatoms. The van der Waals surface area contributed by atoms with Crippen molar-refractivity contribution >= 4 is 17.7 Å². The lowest BCUT2D eigenvalue weighted by atomic mass is 10.1. The van der Waals surface area contributed by atoms with Crippen LogP contribution in [0.4, 0.5) is 0 Å². The van der Waals surface area contributed by atoms with E-state index in [9.17, 15) is 14.4 Å². The summed E-state index contributed by atoms with van der Waals surface area (Å²) >= 11 is 0. The number of hydrogen-bond acceptors (Lipinski definition) is 5. The highest BCUT2D eigenvalue weighted by Crippen LogP contribution is 2.20. The van der Waals surface area contributed by atoms with Crippen molar-refractivity contribution in [2.45, 2.75) is 32.9 Å². The summed E-state index contributed by atoms with van der Waals surface area (Å²) < 4.78 is 10.8. The Balaban J connectivity index is 1.45. The van der Waals surface area contributed by atoms with Crippen molar-refractivity contribution in [1.82, 2.24) is 15.8 Å². The Labute approximate surface area is 162 Å². The van der Waals surface area contributed by atoms with Gasteiger partial charge in [0.05, 0.1) is 18.7 Å². The molecular formula is C20H23N3O5. The van der Waals surface area contributed by atoms with Gasteiger partial charge >= 0.3 is 0 Å². The predicted octanol–water partition coefficient (Wildman–Crippen LogP) is 1.55. The highest BCUT2D eigenvalue weighted by Gasteiger charge is 2.35. The van der Waals surface area contributed by atoms with E-state index in [4.69, 9.17) is 9.15 Å². The first-order valence-electron chi connectivity index (χ1n) is 9.05. The van der Waals surface area contributed by atoms with Crippen LogP contribution in [0.3, 0.4) is 0 Å². The molecule has 0 bridgehead atoms. The molecule has 3 amide bonds. The van der Waals surface area contributed by atoms with E-state index in [1.54, 1.807) is 30.0 Å². The topological polar surface area (TPSA) is 101 Å². The minimum atomic E-state index is -0.789. The first kappa shape index (κ1) is 19.5. The van der Waals surface area contributed by atoms with Crippen molar-refractivity contribution in [2.75, 3.05) is 6.54 Å². The molecule has 1 aromatic heterocycles. The normalized spacial score (nSPS) is 17.3. The third-order valence-electron chi connectivity index (χ3n) is 4.49. The van der Waals surface area contributed by atoms with Crippen molar-refractivity contribution < 1.29 is 23.5 Å². The summed E-state index contributed by atoms with van der Waals surface area (Å²) in [6.45, 7) is 4.11. The van der Waals surface area contributed by atoms with Crippen molar-refractivity contribution in [1.29, 1.82) is 0 Å². The Hall–Kier alpha value is -3.29. The number of carbonyl (C=O) groups is 3. The van der Waals surface area contributed by atoms with Crippen molar-refractivity contribution in [3.8, 4) is 5.75 Å². The maximum absolute atomic E-state index is 12.3. The van der Waals surface area contributed by atoms with Crippen LogP contribution in [0.5, 0.6) is 5.75 Å². The number of carbonyl (C=O) groups excluding carboxylic acids is 3. The van der Waals surface area contributed by atoms with Crippen LogP contribution in [-0.2, 0) is 20.9 Å². The molecule has 1 aliphatic heterocycles. The van der Waals surface area contributed by atoms with Gasteiger partial charge in [0.25, 0.3) is 5.91 Å². The monoisotopic (exact) mass is 385 g/mol. The number of amides is 3. The molecule has 2 unspecified atom stereocenters. The van der Waals surface area contributed by atoms with Gasteiger partial charge in [-0.3, -0.25) is 25.2 Å². The fourth-order valence-corrected chi connectivity index (χ4v) is 2.96. The number of furan rings is 1. The Morgan fingerprint density at radius 2 is 2.11 bits per heavy atom. The van der Waals surface area contributed by atoms with Crippen LogP contribution in [0.2, 0.25) is 0 Å². The number of rotatable bonds is 6. The van der Waals surface area contributed by atoms with E-state index >= 15 is 0 Å². The number of nitrogens with one attached hydrogen (secondary N) is 2. The zero-order valence-corrected chi connectivity index (χ0v) is 15.8. The molecule has 3 rings (SSSR count). The van der Waals surface area contributed by atoms with Gasteiger partial charge in [0.2, 0.25) is 11.8 Å². The fourth-order valence-electron chi connectivity index (χ4n) is 2.96. The summed E-state index contributed by atoms with van der Waals surface area (Å²) in [4.78, 5) is 38.1. The minimum absolute atomic E-state index is 0.0950. The predicted molar refractivity (Wildman–Crippen MR) is 99.8 cm³/mol. The summed E-state index contributed by atoms with van der Waals surface area (Å²) in [7, 11) is 0. The van der Waals surface area contributed by atoms with Gasteiger partial charge in [0, 0.05) is 13.0 Å². The number of benzene rings is 1. The van der Waals surface area contributed by atoms with Crippen LogP contribution in [0.15, 0.2) is 47.1 Å². The lowest BCUT2D eigenvalue weighted by molar-refractivity contribution is -0.134. The summed E-state index contributed by atoms with van der Waals surface area (Å²) in [5.41, 5.74) is 5.76. The molecule has 0 aliphatic carbocycles. The van der Waals surface area contributed by atoms with Gasteiger partial charge in [0.1, 0.15) is 11.5 Å². The number of likely N-dealkylation sites (tertiary alicyclic amines) is 1. The summed E-state index contributed by atoms with van der Waals surface area (Å²) in [5.74, 6) is -0.318. The summed E-state index contributed by atoms with van der Waals surface area (Å²) in [6, 6.07) is 10.9. The van der Waals surface area contributed by atoms with E-state index in [-0.39, 0.29) is 18.9 Å². The van der Waals surface area contributed by atoms with Gasteiger partial charge in [-0.25, -0.2) is 0 Å². The Morgan fingerprint density at radius 1 is 1.29 bits per heavy atom. The van der Waals surface area contributed by atoms with Crippen LogP contribution in [-0.4, -0.2) is 35.3 Å². The SMILES string of the molecule is Cc1cccc(OC(C)C(=O)NNC(=O)C2CC(=O)N(Cc3ccco3)C2)c1. The van der Waals surface area contributed by atoms with E-state index in [0.717, 1.165) is 5.56 Å². The first-order chi connectivity index (χ1) is 13.4. The summed E-state index contributed by atoms with van der Waals surface area (Å²) in [6.07, 6.45) is 0.843. The molecule has 2 aromatic rings. The lowest BCUT2D eigenvalue weighted by Crippen LogP contribution is -2.49. The molecule has 148 valence electrons. The van der Waals surface area contributed by atoms with E-state index in [2.05, 4.69) is 10.9 Å². The number of hydrogen-bond donors (Lipinski definition) is 2. The van der Waals surface area contributed by atoms with E-state index in [0.29, 0.717) is 18.1 Å². The standard InChI is InChI=1S/C20H23N3O5/c1-13-5-3-6-16(9-13)28-14(2)19(25)21-22-20(26)15-10-18(24)23(11-15)12-17-7-4-8-27-17/h3-9,14-15H,10-12H2,1-2H3,(H,21,25)(H,22,26). The molecule has 0 spiro atoms. The number of hydrazine groups is 1. The summed E-state index contributed by atoms with van der Waals surface area (Å²) in [5, 5.41) is 0. The molecule has 1 aliphatic rings. The maximum Gasteiger partial charge on any atom is 0.279 e. The average molecular weight is 385 g/mol. The highest BCUT2D eigenvalue weighted by molar-refractivity contribution is 5.90. The quantitative estimate of drug-likeness (QED) is 0.735. The fraction of sp³-hybridized carbons (Fsp3) is 0.350. The van der Waals surface area contributed by atoms with Gasteiger partial charge in [0.15, 0.2) is 6.10 Å². The van der Waals surface area contributed by atoms with Gasteiger partial charge in [-0.2, -0.15) is 0 Å². The molecule has 8 nitrogen and oxygen atoms in total. The van der Waals surface area contributed by atoms with Crippen LogP contribution in [0.25, 0.3) is 0 Å². The number of nitrogens with zero attached hydrogens (tertiary/aromatic N) is 1. The smallest absolute Gasteiger partial charge is 0.279 e. The minimum Gasteiger partial charge on any atom is -0.481 e. The van der Waals surface area contributed by atoms with E-state index in [1.807, 2.05) is 25.1 Å². The molecule has 1 aromatic carbocycles. The average Bonchev–Trinajstić information content (AvgIpc) is 3.30.